The first-order valence-electron chi connectivity index (χ1n) is 9.63. The predicted octanol–water partition coefficient (Wildman–Crippen LogP) is 4.53. The Labute approximate surface area is 173 Å². The van der Waals surface area contributed by atoms with Gasteiger partial charge in [-0.2, -0.15) is 0 Å². The minimum absolute atomic E-state index is 0.0204. The minimum Gasteiger partial charge on any atom is -0.459 e. The molecule has 1 aliphatic carbocycles. The lowest BCUT2D eigenvalue weighted by molar-refractivity contribution is -0.384. The Balaban J connectivity index is 1.81. The summed E-state index contributed by atoms with van der Waals surface area (Å²) < 4.78 is 5.42. The zero-order valence-corrected chi connectivity index (χ0v) is 17.5. The second-order valence-corrected chi connectivity index (χ2v) is 8.76. The van der Waals surface area contributed by atoms with Gasteiger partial charge in [0.15, 0.2) is 0 Å². The predicted molar refractivity (Wildman–Crippen MR) is 111 cm³/mol. The number of nitro groups is 1. The molecule has 0 saturated heterocycles. The first-order chi connectivity index (χ1) is 13.7. The van der Waals surface area contributed by atoms with Crippen molar-refractivity contribution in [3.05, 3.63) is 55.9 Å². The first kappa shape index (κ1) is 21.0. The van der Waals surface area contributed by atoms with Crippen LogP contribution >= 0.6 is 11.3 Å². The molecule has 1 unspecified atom stereocenters. The molecular weight excluding hydrogens is 392 g/mol. The van der Waals surface area contributed by atoms with Gasteiger partial charge >= 0.3 is 5.97 Å². The van der Waals surface area contributed by atoms with E-state index in [9.17, 15) is 19.7 Å². The number of carbonyl (C=O) groups excluding carboxylic acids is 2. The van der Waals surface area contributed by atoms with Gasteiger partial charge in [0.2, 0.25) is 5.91 Å². The third kappa shape index (κ3) is 5.00. The first-order valence-corrected chi connectivity index (χ1v) is 10.4. The number of nitro benzene ring substituents is 1. The van der Waals surface area contributed by atoms with E-state index in [-0.39, 0.29) is 24.1 Å². The highest BCUT2D eigenvalue weighted by molar-refractivity contribution is 7.17. The molecule has 1 heterocycles. The monoisotopic (exact) mass is 416 g/mol. The molecule has 1 aromatic heterocycles. The van der Waals surface area contributed by atoms with Gasteiger partial charge in [0.05, 0.1) is 23.0 Å². The molecule has 0 saturated carbocycles. The molecule has 1 N–H and O–H groups in total. The molecule has 3 rings (SSSR count). The summed E-state index contributed by atoms with van der Waals surface area (Å²) in [6.07, 6.45) is 2.51. The molecule has 1 aliphatic rings. The molecule has 154 valence electrons. The van der Waals surface area contributed by atoms with Gasteiger partial charge in [-0.05, 0) is 50.2 Å². The van der Waals surface area contributed by atoms with E-state index in [4.69, 9.17) is 4.74 Å². The van der Waals surface area contributed by atoms with Gasteiger partial charge in [0.25, 0.3) is 5.69 Å². The molecule has 0 radical (unpaired) electrons. The number of carbonyl (C=O) groups is 2. The molecule has 0 bridgehead atoms. The number of rotatable bonds is 6. The number of fused-ring (bicyclic) bond motifs is 1. The number of ether oxygens (including phenoxy) is 1. The van der Waals surface area contributed by atoms with Crippen LogP contribution in [0.3, 0.4) is 0 Å². The van der Waals surface area contributed by atoms with Crippen LogP contribution in [0.4, 0.5) is 10.7 Å². The Kier molecular flexibility index (Phi) is 6.32. The van der Waals surface area contributed by atoms with E-state index in [0.717, 1.165) is 29.7 Å². The molecular formula is C21H24N2O5S. The van der Waals surface area contributed by atoms with E-state index in [1.165, 1.54) is 23.5 Å². The Bertz CT molecular complexity index is 933. The number of nitrogens with zero attached hydrogens (tertiary/aromatic N) is 1. The third-order valence-corrected chi connectivity index (χ3v) is 5.99. The number of non-ortho nitro benzene ring substituents is 1. The number of hydrogen-bond acceptors (Lipinski definition) is 6. The van der Waals surface area contributed by atoms with Gasteiger partial charge in [0, 0.05) is 17.0 Å². The molecule has 0 spiro atoms. The molecule has 2 aromatic rings. The minimum atomic E-state index is -0.479. The van der Waals surface area contributed by atoms with Crippen molar-refractivity contribution in [2.24, 2.45) is 5.92 Å². The van der Waals surface area contributed by atoms with Crippen LogP contribution in [-0.4, -0.2) is 22.9 Å². The smallest absolute Gasteiger partial charge is 0.341 e. The fourth-order valence-corrected chi connectivity index (χ4v) is 4.83. The second kappa shape index (κ2) is 8.73. The summed E-state index contributed by atoms with van der Waals surface area (Å²) in [5.74, 6) is -0.138. The van der Waals surface area contributed by atoms with Crippen molar-refractivity contribution >= 4 is 33.9 Å². The highest BCUT2D eigenvalue weighted by atomic mass is 32.1. The SMILES string of the molecule is CC1CCc2c(sc(NC(=O)Cc3ccc([N+](=O)[O-])cc3)c2C(=O)OC(C)C)C1. The molecule has 8 heteroatoms. The zero-order chi connectivity index (χ0) is 21.1. The average Bonchev–Trinajstić information content (AvgIpc) is 2.98. The van der Waals surface area contributed by atoms with E-state index in [2.05, 4.69) is 12.2 Å². The summed E-state index contributed by atoms with van der Waals surface area (Å²) >= 11 is 1.44. The number of anilines is 1. The van der Waals surface area contributed by atoms with Gasteiger partial charge in [-0.15, -0.1) is 11.3 Å². The maximum atomic E-state index is 12.7. The van der Waals surface area contributed by atoms with Gasteiger partial charge < -0.3 is 10.1 Å². The lowest BCUT2D eigenvalue weighted by Gasteiger charge is -2.18. The maximum Gasteiger partial charge on any atom is 0.341 e. The van der Waals surface area contributed by atoms with Crippen LogP contribution in [0.1, 0.15) is 53.6 Å². The second-order valence-electron chi connectivity index (χ2n) is 7.66. The van der Waals surface area contributed by atoms with E-state index < -0.39 is 10.9 Å². The summed E-state index contributed by atoms with van der Waals surface area (Å²) in [4.78, 5) is 36.7. The van der Waals surface area contributed by atoms with Gasteiger partial charge in [-0.25, -0.2) is 4.79 Å². The van der Waals surface area contributed by atoms with Crippen molar-refractivity contribution in [1.29, 1.82) is 0 Å². The number of nitrogens with one attached hydrogen (secondary N) is 1. The van der Waals surface area contributed by atoms with Crippen molar-refractivity contribution < 1.29 is 19.2 Å². The van der Waals surface area contributed by atoms with E-state index in [1.54, 1.807) is 26.0 Å². The Hall–Kier alpha value is -2.74. The zero-order valence-electron chi connectivity index (χ0n) is 16.7. The van der Waals surface area contributed by atoms with Gasteiger partial charge in [0.1, 0.15) is 5.00 Å². The van der Waals surface area contributed by atoms with E-state index >= 15 is 0 Å². The number of hydrogen-bond donors (Lipinski definition) is 1. The number of amides is 1. The van der Waals surface area contributed by atoms with Gasteiger partial charge in [-0.3, -0.25) is 14.9 Å². The lowest BCUT2D eigenvalue weighted by Crippen LogP contribution is -2.19. The standard InChI is InChI=1S/C21H24N2O5S/c1-12(2)28-21(25)19-16-9-4-13(3)10-17(16)29-20(19)22-18(24)11-14-5-7-15(8-6-14)23(26)27/h5-8,12-13H,4,9-11H2,1-3H3,(H,22,24). The quantitative estimate of drug-likeness (QED) is 0.424. The van der Waals surface area contributed by atoms with Crippen molar-refractivity contribution in [3.8, 4) is 0 Å². The summed E-state index contributed by atoms with van der Waals surface area (Å²) in [6.45, 7) is 5.78. The van der Waals surface area contributed by atoms with Crippen LogP contribution in [0.2, 0.25) is 0 Å². The molecule has 0 fully saturated rings. The molecule has 7 nitrogen and oxygen atoms in total. The summed E-state index contributed by atoms with van der Waals surface area (Å²) in [6, 6.07) is 5.87. The van der Waals surface area contributed by atoms with Gasteiger partial charge in [-0.1, -0.05) is 19.1 Å². The molecule has 1 aromatic carbocycles. The van der Waals surface area contributed by atoms with Crippen LogP contribution in [0.15, 0.2) is 24.3 Å². The Morgan fingerprint density at radius 1 is 1.31 bits per heavy atom. The molecule has 0 aliphatic heterocycles. The average molecular weight is 416 g/mol. The van der Waals surface area contributed by atoms with Crippen LogP contribution in [0.5, 0.6) is 0 Å². The fraction of sp³-hybridized carbons (Fsp3) is 0.429. The Morgan fingerprint density at radius 2 is 2.00 bits per heavy atom. The van der Waals surface area contributed by atoms with Crippen LogP contribution in [0, 0.1) is 16.0 Å². The number of benzene rings is 1. The largest absolute Gasteiger partial charge is 0.459 e. The van der Waals surface area contributed by atoms with Crippen LogP contribution in [-0.2, 0) is 28.8 Å². The van der Waals surface area contributed by atoms with Crippen molar-refractivity contribution in [2.75, 3.05) is 5.32 Å². The van der Waals surface area contributed by atoms with Crippen LogP contribution < -0.4 is 5.32 Å². The molecule has 1 atom stereocenters. The molecule has 29 heavy (non-hydrogen) atoms. The maximum absolute atomic E-state index is 12.7. The Morgan fingerprint density at radius 3 is 2.62 bits per heavy atom. The summed E-state index contributed by atoms with van der Waals surface area (Å²) in [7, 11) is 0. The topological polar surface area (TPSA) is 98.5 Å². The molecule has 1 amide bonds. The van der Waals surface area contributed by atoms with E-state index in [1.807, 2.05) is 0 Å². The summed E-state index contributed by atoms with van der Waals surface area (Å²) in [5.41, 5.74) is 2.11. The van der Waals surface area contributed by atoms with Crippen molar-refractivity contribution in [2.45, 2.75) is 52.6 Å². The van der Waals surface area contributed by atoms with Crippen molar-refractivity contribution in [1.82, 2.24) is 0 Å². The fourth-order valence-electron chi connectivity index (χ4n) is 3.42. The normalized spacial score (nSPS) is 15.7. The number of esters is 1. The van der Waals surface area contributed by atoms with Crippen molar-refractivity contribution in [3.63, 3.8) is 0 Å². The number of thiophene rings is 1. The summed E-state index contributed by atoms with van der Waals surface area (Å²) in [5, 5.41) is 14.2. The lowest BCUT2D eigenvalue weighted by atomic mass is 9.88. The third-order valence-electron chi connectivity index (χ3n) is 4.82. The van der Waals surface area contributed by atoms with E-state index in [0.29, 0.717) is 22.0 Å². The highest BCUT2D eigenvalue weighted by Gasteiger charge is 2.29. The highest BCUT2D eigenvalue weighted by Crippen LogP contribution is 2.40. The van der Waals surface area contributed by atoms with Crippen LogP contribution in [0.25, 0.3) is 0 Å².